The molecule has 0 spiro atoms. The fourth-order valence-electron chi connectivity index (χ4n) is 1.54. The van der Waals surface area contributed by atoms with E-state index in [2.05, 4.69) is 27.3 Å². The first kappa shape index (κ1) is 14.8. The van der Waals surface area contributed by atoms with Crippen LogP contribution < -0.4 is 4.72 Å². The zero-order valence-corrected chi connectivity index (χ0v) is 13.5. The van der Waals surface area contributed by atoms with Gasteiger partial charge in [0.1, 0.15) is 0 Å². The van der Waals surface area contributed by atoms with Crippen molar-refractivity contribution < 1.29 is 8.42 Å². The van der Waals surface area contributed by atoms with Crippen LogP contribution in [-0.4, -0.2) is 8.42 Å². The molecule has 0 unspecified atom stereocenters. The van der Waals surface area contributed by atoms with Gasteiger partial charge in [0, 0.05) is 15.1 Å². The maximum absolute atomic E-state index is 12.1. The number of hydrogen-bond donors (Lipinski definition) is 1. The van der Waals surface area contributed by atoms with Crippen LogP contribution in [0, 0.1) is 3.57 Å². The maximum atomic E-state index is 12.1. The van der Waals surface area contributed by atoms with Crippen molar-refractivity contribution >= 4 is 44.2 Å². The minimum Gasteiger partial charge on any atom is -0.207 e. The zero-order valence-electron chi connectivity index (χ0n) is 9.81. The average Bonchev–Trinajstić information content (AvgIpc) is 2.37. The van der Waals surface area contributed by atoms with Crippen LogP contribution in [0.4, 0.5) is 0 Å². The molecule has 100 valence electrons. The van der Waals surface area contributed by atoms with E-state index >= 15 is 0 Å². The van der Waals surface area contributed by atoms with Crippen LogP contribution in [0.2, 0.25) is 5.02 Å². The highest BCUT2D eigenvalue weighted by molar-refractivity contribution is 14.1. The van der Waals surface area contributed by atoms with E-state index in [4.69, 9.17) is 11.6 Å². The topological polar surface area (TPSA) is 46.2 Å². The fourth-order valence-corrected chi connectivity index (χ4v) is 3.47. The number of rotatable bonds is 4. The standard InChI is InChI=1S/C13H11ClINO2S/c14-11-4-2-6-13(8-11)19(17,18)16-9-10-3-1-5-12(15)7-10/h1-8,16H,9H2. The molecule has 1 N–H and O–H groups in total. The van der Waals surface area contributed by atoms with E-state index in [1.54, 1.807) is 12.1 Å². The normalized spacial score (nSPS) is 11.5. The minimum atomic E-state index is -3.53. The van der Waals surface area contributed by atoms with Gasteiger partial charge in [-0.3, -0.25) is 0 Å². The summed E-state index contributed by atoms with van der Waals surface area (Å²) in [5, 5.41) is 0.400. The van der Waals surface area contributed by atoms with Gasteiger partial charge in [-0.05, 0) is 58.5 Å². The van der Waals surface area contributed by atoms with Gasteiger partial charge in [0.15, 0.2) is 0 Å². The Labute approximate surface area is 131 Å². The van der Waals surface area contributed by atoms with Gasteiger partial charge in [-0.1, -0.05) is 29.8 Å². The highest BCUT2D eigenvalue weighted by Crippen LogP contribution is 2.16. The zero-order chi connectivity index (χ0) is 13.9. The molecule has 6 heteroatoms. The fraction of sp³-hybridized carbons (Fsp3) is 0.0769. The Morgan fingerprint density at radius 2 is 1.84 bits per heavy atom. The summed E-state index contributed by atoms with van der Waals surface area (Å²) in [5.41, 5.74) is 0.914. The quantitative estimate of drug-likeness (QED) is 0.790. The second kappa shape index (κ2) is 6.21. The van der Waals surface area contributed by atoms with E-state index in [9.17, 15) is 8.42 Å². The lowest BCUT2D eigenvalue weighted by Crippen LogP contribution is -2.23. The van der Waals surface area contributed by atoms with Crippen molar-refractivity contribution in [2.45, 2.75) is 11.4 Å². The first-order valence-electron chi connectivity index (χ1n) is 5.47. The largest absolute Gasteiger partial charge is 0.240 e. The lowest BCUT2D eigenvalue weighted by molar-refractivity contribution is 0.581. The molecule has 19 heavy (non-hydrogen) atoms. The van der Waals surface area contributed by atoms with Gasteiger partial charge in [-0.25, -0.2) is 13.1 Å². The predicted molar refractivity (Wildman–Crippen MR) is 84.6 cm³/mol. The summed E-state index contributed by atoms with van der Waals surface area (Å²) in [4.78, 5) is 0.172. The Morgan fingerprint density at radius 1 is 1.11 bits per heavy atom. The smallest absolute Gasteiger partial charge is 0.207 e. The molecular formula is C13H11ClINO2S. The first-order chi connectivity index (χ1) is 8.97. The summed E-state index contributed by atoms with van der Waals surface area (Å²) in [6, 6.07) is 13.9. The Bertz CT molecular complexity index is 689. The van der Waals surface area contributed by atoms with E-state index < -0.39 is 10.0 Å². The highest BCUT2D eigenvalue weighted by Gasteiger charge is 2.13. The Balaban J connectivity index is 2.14. The van der Waals surface area contributed by atoms with Crippen LogP contribution in [0.15, 0.2) is 53.4 Å². The molecule has 0 bridgehead atoms. The van der Waals surface area contributed by atoms with Gasteiger partial charge in [0.25, 0.3) is 0 Å². The van der Waals surface area contributed by atoms with Crippen LogP contribution in [0.25, 0.3) is 0 Å². The minimum absolute atomic E-state index is 0.172. The molecule has 0 radical (unpaired) electrons. The first-order valence-corrected chi connectivity index (χ1v) is 8.41. The van der Waals surface area contributed by atoms with Gasteiger partial charge in [-0.15, -0.1) is 0 Å². The molecule has 0 aliphatic carbocycles. The van der Waals surface area contributed by atoms with Crippen LogP contribution in [-0.2, 0) is 16.6 Å². The third-order valence-corrected chi connectivity index (χ3v) is 4.77. The molecule has 0 saturated carbocycles. The SMILES string of the molecule is O=S(=O)(NCc1cccc(I)c1)c1cccc(Cl)c1. The second-order valence-electron chi connectivity index (χ2n) is 3.91. The van der Waals surface area contributed by atoms with Crippen molar-refractivity contribution in [1.29, 1.82) is 0 Å². The van der Waals surface area contributed by atoms with Crippen LogP contribution in [0.1, 0.15) is 5.56 Å². The molecule has 0 aromatic heterocycles. The molecule has 0 atom stereocenters. The Morgan fingerprint density at radius 3 is 2.53 bits per heavy atom. The molecule has 0 saturated heterocycles. The molecule has 3 nitrogen and oxygen atoms in total. The summed E-state index contributed by atoms with van der Waals surface area (Å²) in [6.07, 6.45) is 0. The van der Waals surface area contributed by atoms with Crippen molar-refractivity contribution in [3.8, 4) is 0 Å². The molecule has 2 rings (SSSR count). The number of halogens is 2. The van der Waals surface area contributed by atoms with Gasteiger partial charge in [-0.2, -0.15) is 0 Å². The van der Waals surface area contributed by atoms with Crippen LogP contribution in [0.5, 0.6) is 0 Å². The van der Waals surface area contributed by atoms with Crippen molar-refractivity contribution in [2.75, 3.05) is 0 Å². The monoisotopic (exact) mass is 407 g/mol. The van der Waals surface area contributed by atoms with Crippen molar-refractivity contribution in [3.63, 3.8) is 0 Å². The molecule has 0 aliphatic heterocycles. The summed E-state index contributed by atoms with van der Waals surface area (Å²) in [6.45, 7) is 0.256. The lowest BCUT2D eigenvalue weighted by Gasteiger charge is -2.07. The van der Waals surface area contributed by atoms with Gasteiger partial charge in [0.2, 0.25) is 10.0 Å². The number of nitrogens with one attached hydrogen (secondary N) is 1. The van der Waals surface area contributed by atoms with Crippen molar-refractivity contribution in [3.05, 3.63) is 62.7 Å². The van der Waals surface area contributed by atoms with E-state index in [1.165, 1.54) is 12.1 Å². The van der Waals surface area contributed by atoms with E-state index in [0.717, 1.165) is 9.13 Å². The summed E-state index contributed by atoms with van der Waals surface area (Å²) in [7, 11) is -3.53. The van der Waals surface area contributed by atoms with Crippen LogP contribution in [0.3, 0.4) is 0 Å². The lowest BCUT2D eigenvalue weighted by atomic mass is 10.2. The molecule has 0 heterocycles. The molecule has 0 amide bonds. The van der Waals surface area contributed by atoms with Crippen molar-refractivity contribution in [2.24, 2.45) is 0 Å². The highest BCUT2D eigenvalue weighted by atomic mass is 127. The van der Waals surface area contributed by atoms with E-state index in [-0.39, 0.29) is 11.4 Å². The van der Waals surface area contributed by atoms with Crippen molar-refractivity contribution in [1.82, 2.24) is 4.72 Å². The molecule has 0 aliphatic rings. The van der Waals surface area contributed by atoms with E-state index in [0.29, 0.717) is 5.02 Å². The molecular weight excluding hydrogens is 397 g/mol. The van der Waals surface area contributed by atoms with E-state index in [1.807, 2.05) is 24.3 Å². The number of sulfonamides is 1. The number of benzene rings is 2. The molecule has 2 aromatic carbocycles. The Hall–Kier alpha value is -0.630. The summed E-state index contributed by atoms with van der Waals surface area (Å²) in [5.74, 6) is 0. The van der Waals surface area contributed by atoms with Gasteiger partial charge < -0.3 is 0 Å². The van der Waals surface area contributed by atoms with Gasteiger partial charge >= 0.3 is 0 Å². The van der Waals surface area contributed by atoms with Crippen LogP contribution >= 0.6 is 34.2 Å². The summed E-state index contributed by atoms with van der Waals surface area (Å²) >= 11 is 7.98. The predicted octanol–water partition coefficient (Wildman–Crippen LogP) is 3.42. The third-order valence-electron chi connectivity index (χ3n) is 2.46. The number of hydrogen-bond acceptors (Lipinski definition) is 2. The second-order valence-corrected chi connectivity index (χ2v) is 7.36. The molecule has 0 fully saturated rings. The maximum Gasteiger partial charge on any atom is 0.240 e. The third kappa shape index (κ3) is 4.17. The van der Waals surface area contributed by atoms with Gasteiger partial charge in [0.05, 0.1) is 4.90 Å². The average molecular weight is 408 g/mol. The molecule has 2 aromatic rings. The summed E-state index contributed by atoms with van der Waals surface area (Å²) < 4.78 is 27.8. The Kier molecular flexibility index (Phi) is 4.83.